The third-order valence-electron chi connectivity index (χ3n) is 5.26. The summed E-state index contributed by atoms with van der Waals surface area (Å²) >= 11 is 3.07. The van der Waals surface area contributed by atoms with E-state index in [2.05, 4.69) is 27.2 Å². The van der Waals surface area contributed by atoms with Crippen molar-refractivity contribution in [2.45, 2.75) is 30.7 Å². The molecule has 0 atom stereocenters. The minimum Gasteiger partial charge on any atom is -0.452 e. The maximum absolute atomic E-state index is 12.7. The molecular weight excluding hydrogens is 472 g/mol. The number of amides is 2. The maximum atomic E-state index is 12.7. The van der Waals surface area contributed by atoms with Crippen LogP contribution in [-0.2, 0) is 27.2 Å². The zero-order chi connectivity index (χ0) is 23.9. The van der Waals surface area contributed by atoms with Crippen molar-refractivity contribution in [1.82, 2.24) is 15.3 Å². The van der Waals surface area contributed by atoms with Gasteiger partial charge in [-0.2, -0.15) is 0 Å². The van der Waals surface area contributed by atoms with Crippen LogP contribution >= 0.6 is 23.1 Å². The molecule has 0 bridgehead atoms. The van der Waals surface area contributed by atoms with Gasteiger partial charge in [0.15, 0.2) is 6.61 Å². The normalized spacial score (nSPS) is 12.6. The Labute approximate surface area is 205 Å². The highest BCUT2D eigenvalue weighted by molar-refractivity contribution is 8.00. The highest BCUT2D eigenvalue weighted by Gasteiger charge is 2.21. The Morgan fingerprint density at radius 3 is 2.82 bits per heavy atom. The molecule has 2 heterocycles. The first kappa shape index (κ1) is 23.9. The molecule has 2 aromatic heterocycles. The van der Waals surface area contributed by atoms with Gasteiger partial charge < -0.3 is 15.4 Å². The number of anilines is 1. The summed E-state index contributed by atoms with van der Waals surface area (Å²) in [5, 5.41) is 7.18. The Kier molecular flexibility index (Phi) is 7.91. The SMILES string of the molecule is C=CCNC(=O)COC(=O)c1ccccc1NC(=O)CSc1ncnc2sc3c(c12)CCCC3. The number of esters is 1. The van der Waals surface area contributed by atoms with Gasteiger partial charge in [-0.15, -0.1) is 17.9 Å². The number of ether oxygens (including phenoxy) is 1. The average Bonchev–Trinajstić information content (AvgIpc) is 3.24. The molecule has 0 spiro atoms. The van der Waals surface area contributed by atoms with Gasteiger partial charge in [0.1, 0.15) is 16.2 Å². The summed E-state index contributed by atoms with van der Waals surface area (Å²) in [6.07, 6.45) is 7.51. The van der Waals surface area contributed by atoms with Crippen molar-refractivity contribution in [2.24, 2.45) is 0 Å². The molecule has 1 aliphatic carbocycles. The molecule has 2 N–H and O–H groups in total. The number of hydrogen-bond acceptors (Lipinski definition) is 8. The minimum absolute atomic E-state index is 0.129. The van der Waals surface area contributed by atoms with Gasteiger partial charge in [0, 0.05) is 16.8 Å². The zero-order valence-corrected chi connectivity index (χ0v) is 20.1. The van der Waals surface area contributed by atoms with E-state index >= 15 is 0 Å². The number of nitrogens with one attached hydrogen (secondary N) is 2. The molecule has 3 aromatic rings. The molecule has 0 fully saturated rings. The molecule has 0 radical (unpaired) electrons. The number of aromatic nitrogens is 2. The lowest BCUT2D eigenvalue weighted by molar-refractivity contribution is -0.124. The van der Waals surface area contributed by atoms with Gasteiger partial charge in [0.05, 0.1) is 17.0 Å². The van der Waals surface area contributed by atoms with Gasteiger partial charge in [-0.05, 0) is 43.4 Å². The number of hydrogen-bond donors (Lipinski definition) is 2. The third kappa shape index (κ3) is 5.63. The van der Waals surface area contributed by atoms with Gasteiger partial charge in [-0.25, -0.2) is 14.8 Å². The van der Waals surface area contributed by atoms with Crippen LogP contribution in [0.25, 0.3) is 10.2 Å². The van der Waals surface area contributed by atoms with Crippen molar-refractivity contribution < 1.29 is 19.1 Å². The summed E-state index contributed by atoms with van der Waals surface area (Å²) in [6.45, 7) is 3.38. The standard InChI is InChI=1S/C24H24N4O4S2/c1-2-11-25-19(29)12-32-24(31)15-7-3-5-9-17(15)28-20(30)13-33-22-21-16-8-4-6-10-18(16)34-23(21)27-14-26-22/h2-3,5,7,9,14H,1,4,6,8,10-13H2,(H,25,29)(H,28,30). The highest BCUT2D eigenvalue weighted by atomic mass is 32.2. The Morgan fingerprint density at radius 2 is 1.97 bits per heavy atom. The van der Waals surface area contributed by atoms with E-state index in [1.54, 1.807) is 41.9 Å². The number of para-hydroxylation sites is 1. The minimum atomic E-state index is -0.695. The molecule has 176 valence electrons. The summed E-state index contributed by atoms with van der Waals surface area (Å²) in [4.78, 5) is 48.0. The van der Waals surface area contributed by atoms with Crippen LogP contribution in [0.5, 0.6) is 0 Å². The molecular formula is C24H24N4O4S2. The number of carbonyl (C=O) groups excluding carboxylic acids is 3. The van der Waals surface area contributed by atoms with Crippen LogP contribution in [-0.4, -0.2) is 46.7 Å². The Hall–Kier alpha value is -3.24. The van der Waals surface area contributed by atoms with E-state index in [4.69, 9.17) is 4.74 Å². The zero-order valence-electron chi connectivity index (χ0n) is 18.5. The van der Waals surface area contributed by atoms with Crippen molar-refractivity contribution in [3.63, 3.8) is 0 Å². The van der Waals surface area contributed by atoms with Crippen molar-refractivity contribution >= 4 is 56.8 Å². The number of thioether (sulfide) groups is 1. The van der Waals surface area contributed by atoms with Crippen LogP contribution < -0.4 is 10.6 Å². The van der Waals surface area contributed by atoms with E-state index in [-0.39, 0.29) is 23.8 Å². The average molecular weight is 497 g/mol. The van der Waals surface area contributed by atoms with E-state index < -0.39 is 18.5 Å². The second-order valence-electron chi connectivity index (χ2n) is 7.62. The molecule has 8 nitrogen and oxygen atoms in total. The van der Waals surface area contributed by atoms with E-state index in [1.165, 1.54) is 34.7 Å². The number of aryl methyl sites for hydroxylation is 2. The van der Waals surface area contributed by atoms with E-state index in [0.717, 1.165) is 34.5 Å². The van der Waals surface area contributed by atoms with Gasteiger partial charge in [0.25, 0.3) is 5.91 Å². The topological polar surface area (TPSA) is 110 Å². The molecule has 0 saturated carbocycles. The number of nitrogens with zero attached hydrogens (tertiary/aromatic N) is 2. The summed E-state index contributed by atoms with van der Waals surface area (Å²) in [5.74, 6) is -1.27. The Bertz CT molecular complexity index is 1240. The number of rotatable bonds is 9. The molecule has 2 amide bonds. The van der Waals surface area contributed by atoms with Crippen molar-refractivity contribution in [3.8, 4) is 0 Å². The summed E-state index contributed by atoms with van der Waals surface area (Å²) in [7, 11) is 0. The molecule has 4 rings (SSSR count). The highest BCUT2D eigenvalue weighted by Crippen LogP contribution is 2.39. The van der Waals surface area contributed by atoms with E-state index in [0.29, 0.717) is 5.69 Å². The first-order valence-corrected chi connectivity index (χ1v) is 12.7. The van der Waals surface area contributed by atoms with E-state index in [9.17, 15) is 14.4 Å². The summed E-state index contributed by atoms with van der Waals surface area (Å²) in [5.41, 5.74) is 1.82. The van der Waals surface area contributed by atoms with Gasteiger partial charge in [-0.1, -0.05) is 30.0 Å². The lowest BCUT2D eigenvalue weighted by Gasteiger charge is -2.12. The molecule has 10 heteroatoms. The van der Waals surface area contributed by atoms with Gasteiger partial charge in [0.2, 0.25) is 5.91 Å². The molecule has 1 aliphatic rings. The summed E-state index contributed by atoms with van der Waals surface area (Å²) in [6, 6.07) is 6.53. The Balaban J connectivity index is 1.40. The van der Waals surface area contributed by atoms with Crippen LogP contribution in [0.15, 0.2) is 48.3 Å². The van der Waals surface area contributed by atoms with Crippen LogP contribution in [0, 0.1) is 0 Å². The van der Waals surface area contributed by atoms with Gasteiger partial charge in [-0.3, -0.25) is 9.59 Å². The van der Waals surface area contributed by atoms with Crippen LogP contribution in [0.2, 0.25) is 0 Å². The lowest BCUT2D eigenvalue weighted by Crippen LogP contribution is -2.29. The van der Waals surface area contributed by atoms with Crippen molar-refractivity contribution in [3.05, 3.63) is 59.3 Å². The fourth-order valence-corrected chi connectivity index (χ4v) is 5.83. The molecule has 0 unspecified atom stereocenters. The first-order chi connectivity index (χ1) is 16.6. The van der Waals surface area contributed by atoms with Gasteiger partial charge >= 0.3 is 5.97 Å². The lowest BCUT2D eigenvalue weighted by atomic mass is 9.97. The molecule has 0 saturated heterocycles. The summed E-state index contributed by atoms with van der Waals surface area (Å²) < 4.78 is 5.07. The van der Waals surface area contributed by atoms with Crippen LogP contribution in [0.3, 0.4) is 0 Å². The fourth-order valence-electron chi connectivity index (χ4n) is 3.71. The largest absolute Gasteiger partial charge is 0.452 e. The Morgan fingerprint density at radius 1 is 1.15 bits per heavy atom. The molecule has 0 aliphatic heterocycles. The number of carbonyl (C=O) groups is 3. The smallest absolute Gasteiger partial charge is 0.340 e. The van der Waals surface area contributed by atoms with Crippen LogP contribution in [0.1, 0.15) is 33.6 Å². The fraction of sp³-hybridized carbons (Fsp3) is 0.292. The maximum Gasteiger partial charge on any atom is 0.340 e. The second-order valence-corrected chi connectivity index (χ2v) is 9.67. The first-order valence-electron chi connectivity index (χ1n) is 10.9. The molecule has 1 aromatic carbocycles. The quantitative estimate of drug-likeness (QED) is 0.201. The predicted octanol–water partition coefficient (Wildman–Crippen LogP) is 3.76. The predicted molar refractivity (Wildman–Crippen MR) is 133 cm³/mol. The van der Waals surface area contributed by atoms with Crippen molar-refractivity contribution in [2.75, 3.05) is 24.2 Å². The second kappa shape index (κ2) is 11.3. The van der Waals surface area contributed by atoms with Crippen molar-refractivity contribution in [1.29, 1.82) is 0 Å². The monoisotopic (exact) mass is 496 g/mol. The third-order valence-corrected chi connectivity index (χ3v) is 7.44. The van der Waals surface area contributed by atoms with Crippen LogP contribution in [0.4, 0.5) is 5.69 Å². The molecule has 34 heavy (non-hydrogen) atoms. The number of thiophene rings is 1. The van der Waals surface area contributed by atoms with E-state index in [1.807, 2.05) is 0 Å². The number of benzene rings is 1. The number of fused-ring (bicyclic) bond motifs is 3.